The highest BCUT2D eigenvalue weighted by Gasteiger charge is 2.53. The Balaban J connectivity index is 1.84. The molecule has 2 saturated carbocycles. The van der Waals surface area contributed by atoms with E-state index in [1.807, 2.05) is 0 Å². The molecule has 0 amide bonds. The molecular formula is C16H21ClO. The maximum atomic E-state index is 6.29. The summed E-state index contributed by atoms with van der Waals surface area (Å²) in [6, 6.07) is 6.46. The average molecular weight is 265 g/mol. The lowest BCUT2D eigenvalue weighted by Gasteiger charge is -2.29. The Morgan fingerprint density at radius 2 is 2.06 bits per heavy atom. The number of hydrogen-bond donors (Lipinski definition) is 0. The molecule has 18 heavy (non-hydrogen) atoms. The quantitative estimate of drug-likeness (QED) is 0.741. The Morgan fingerprint density at radius 1 is 1.33 bits per heavy atom. The zero-order chi connectivity index (χ0) is 12.8. The minimum absolute atomic E-state index is 0.330. The van der Waals surface area contributed by atoms with Gasteiger partial charge in [0.15, 0.2) is 0 Å². The fourth-order valence-corrected chi connectivity index (χ4v) is 4.07. The SMILES string of the molecule is COc1ccc(C)cc1CC1(CCl)CC2CC2C1. The first-order valence-corrected chi connectivity index (χ1v) is 7.39. The smallest absolute Gasteiger partial charge is 0.122 e. The van der Waals surface area contributed by atoms with E-state index in [1.54, 1.807) is 7.11 Å². The number of aryl methyl sites for hydroxylation is 1. The minimum atomic E-state index is 0.330. The molecule has 2 atom stereocenters. The van der Waals surface area contributed by atoms with Crippen molar-refractivity contribution in [3.8, 4) is 5.75 Å². The molecule has 0 N–H and O–H groups in total. The van der Waals surface area contributed by atoms with Crippen LogP contribution in [0.25, 0.3) is 0 Å². The van der Waals surface area contributed by atoms with E-state index >= 15 is 0 Å². The largest absolute Gasteiger partial charge is 0.496 e. The second-order valence-corrected chi connectivity index (χ2v) is 6.56. The van der Waals surface area contributed by atoms with Crippen LogP contribution in [0, 0.1) is 24.2 Å². The summed E-state index contributed by atoms with van der Waals surface area (Å²) in [5, 5.41) is 0. The minimum Gasteiger partial charge on any atom is -0.496 e. The van der Waals surface area contributed by atoms with Crippen LogP contribution in [0.2, 0.25) is 0 Å². The summed E-state index contributed by atoms with van der Waals surface area (Å²) in [4.78, 5) is 0. The lowest BCUT2D eigenvalue weighted by molar-refractivity contribution is 0.297. The lowest BCUT2D eigenvalue weighted by atomic mass is 9.79. The molecule has 2 fully saturated rings. The van der Waals surface area contributed by atoms with Crippen LogP contribution in [-0.2, 0) is 6.42 Å². The lowest BCUT2D eigenvalue weighted by Crippen LogP contribution is -2.24. The number of fused-ring (bicyclic) bond motifs is 1. The summed E-state index contributed by atoms with van der Waals surface area (Å²) < 4.78 is 5.50. The van der Waals surface area contributed by atoms with Gasteiger partial charge in [0.05, 0.1) is 7.11 Å². The van der Waals surface area contributed by atoms with Crippen molar-refractivity contribution in [1.82, 2.24) is 0 Å². The Morgan fingerprint density at radius 3 is 2.67 bits per heavy atom. The molecule has 2 aliphatic rings. The van der Waals surface area contributed by atoms with Crippen molar-refractivity contribution in [2.24, 2.45) is 17.3 Å². The number of methoxy groups -OCH3 is 1. The van der Waals surface area contributed by atoms with Gasteiger partial charge in [-0.1, -0.05) is 17.7 Å². The van der Waals surface area contributed by atoms with Crippen molar-refractivity contribution in [2.75, 3.05) is 13.0 Å². The first-order valence-electron chi connectivity index (χ1n) is 6.85. The Hall–Kier alpha value is -0.690. The summed E-state index contributed by atoms with van der Waals surface area (Å²) >= 11 is 6.29. The molecule has 98 valence electrons. The van der Waals surface area contributed by atoms with Gasteiger partial charge in [-0.05, 0) is 61.5 Å². The van der Waals surface area contributed by atoms with E-state index in [1.165, 1.54) is 30.4 Å². The van der Waals surface area contributed by atoms with Crippen molar-refractivity contribution in [1.29, 1.82) is 0 Å². The first kappa shape index (κ1) is 12.3. The van der Waals surface area contributed by atoms with Crippen LogP contribution in [0.5, 0.6) is 5.75 Å². The Labute approximate surface area is 114 Å². The number of benzene rings is 1. The monoisotopic (exact) mass is 264 g/mol. The second kappa shape index (κ2) is 4.45. The predicted octanol–water partition coefficient (Wildman–Crippen LogP) is 4.20. The standard InChI is InChI=1S/C16H21ClO/c1-11-3-4-15(18-2)14(5-11)9-16(10-17)7-12-6-13(12)8-16/h3-5,12-13H,6-10H2,1-2H3. The van der Waals surface area contributed by atoms with E-state index < -0.39 is 0 Å². The highest BCUT2D eigenvalue weighted by atomic mass is 35.5. The van der Waals surface area contributed by atoms with Crippen molar-refractivity contribution in [3.05, 3.63) is 29.3 Å². The number of alkyl halides is 1. The van der Waals surface area contributed by atoms with E-state index in [9.17, 15) is 0 Å². The summed E-state index contributed by atoms with van der Waals surface area (Å²) in [6.07, 6.45) is 5.16. The van der Waals surface area contributed by atoms with Gasteiger partial charge < -0.3 is 4.74 Å². The van der Waals surface area contributed by atoms with Gasteiger partial charge in [-0.15, -0.1) is 11.6 Å². The Kier molecular flexibility index (Phi) is 3.05. The van der Waals surface area contributed by atoms with Gasteiger partial charge in [-0.2, -0.15) is 0 Å². The molecule has 2 unspecified atom stereocenters. The van der Waals surface area contributed by atoms with Gasteiger partial charge in [0.25, 0.3) is 0 Å². The molecule has 1 nitrogen and oxygen atoms in total. The van der Waals surface area contributed by atoms with Gasteiger partial charge in [-0.25, -0.2) is 0 Å². The van der Waals surface area contributed by atoms with E-state index in [0.29, 0.717) is 5.41 Å². The molecule has 0 aromatic heterocycles. The summed E-state index contributed by atoms with van der Waals surface area (Å²) in [6.45, 7) is 2.14. The zero-order valence-corrected chi connectivity index (χ0v) is 12.0. The number of hydrogen-bond acceptors (Lipinski definition) is 1. The Bertz CT molecular complexity index is 444. The normalized spacial score (nSPS) is 33.3. The fourth-order valence-electron chi connectivity index (χ4n) is 3.76. The first-order chi connectivity index (χ1) is 8.65. The van der Waals surface area contributed by atoms with Crippen LogP contribution in [0.3, 0.4) is 0 Å². The molecule has 0 spiro atoms. The van der Waals surface area contributed by atoms with Gasteiger partial charge >= 0.3 is 0 Å². The van der Waals surface area contributed by atoms with E-state index in [-0.39, 0.29) is 0 Å². The maximum absolute atomic E-state index is 6.29. The van der Waals surface area contributed by atoms with Crippen molar-refractivity contribution in [3.63, 3.8) is 0 Å². The van der Waals surface area contributed by atoms with Crippen LogP contribution < -0.4 is 4.74 Å². The fraction of sp³-hybridized carbons (Fsp3) is 0.625. The molecule has 2 aliphatic carbocycles. The molecule has 3 rings (SSSR count). The highest BCUT2D eigenvalue weighted by molar-refractivity contribution is 6.18. The zero-order valence-electron chi connectivity index (χ0n) is 11.2. The summed E-state index contributed by atoms with van der Waals surface area (Å²) in [5.74, 6) is 3.75. The molecule has 2 heteroatoms. The predicted molar refractivity (Wildman–Crippen MR) is 75.4 cm³/mol. The molecule has 1 aromatic rings. The van der Waals surface area contributed by atoms with Crippen molar-refractivity contribution >= 4 is 11.6 Å². The number of halogens is 1. The van der Waals surface area contributed by atoms with Gasteiger partial charge in [0, 0.05) is 5.88 Å². The van der Waals surface area contributed by atoms with Crippen molar-refractivity contribution < 1.29 is 4.74 Å². The van der Waals surface area contributed by atoms with E-state index in [0.717, 1.165) is 29.9 Å². The van der Waals surface area contributed by atoms with Gasteiger partial charge in [0.1, 0.15) is 5.75 Å². The topological polar surface area (TPSA) is 9.23 Å². The third-order valence-corrected chi connectivity index (χ3v) is 5.31. The molecule has 0 bridgehead atoms. The van der Waals surface area contributed by atoms with Crippen LogP contribution >= 0.6 is 11.6 Å². The molecule has 0 radical (unpaired) electrons. The molecule has 0 aliphatic heterocycles. The molecular weight excluding hydrogens is 244 g/mol. The third-order valence-electron chi connectivity index (χ3n) is 4.74. The maximum Gasteiger partial charge on any atom is 0.122 e. The summed E-state index contributed by atoms with van der Waals surface area (Å²) in [5.41, 5.74) is 2.97. The third kappa shape index (κ3) is 2.14. The van der Waals surface area contributed by atoms with Gasteiger partial charge in [0.2, 0.25) is 0 Å². The summed E-state index contributed by atoms with van der Waals surface area (Å²) in [7, 11) is 1.76. The average Bonchev–Trinajstić information content (AvgIpc) is 2.98. The number of rotatable bonds is 4. The highest BCUT2D eigenvalue weighted by Crippen LogP contribution is 2.61. The van der Waals surface area contributed by atoms with Crippen molar-refractivity contribution in [2.45, 2.75) is 32.6 Å². The molecule has 1 aromatic carbocycles. The van der Waals surface area contributed by atoms with E-state index in [2.05, 4.69) is 25.1 Å². The van der Waals surface area contributed by atoms with Crippen LogP contribution in [0.4, 0.5) is 0 Å². The number of ether oxygens (including phenoxy) is 1. The van der Waals surface area contributed by atoms with Gasteiger partial charge in [-0.3, -0.25) is 0 Å². The molecule has 0 saturated heterocycles. The molecule has 0 heterocycles. The second-order valence-electron chi connectivity index (χ2n) is 6.29. The van der Waals surface area contributed by atoms with Crippen LogP contribution in [0.1, 0.15) is 30.4 Å². The van der Waals surface area contributed by atoms with Crippen LogP contribution in [0.15, 0.2) is 18.2 Å². The van der Waals surface area contributed by atoms with Crippen LogP contribution in [-0.4, -0.2) is 13.0 Å². The van der Waals surface area contributed by atoms with E-state index in [4.69, 9.17) is 16.3 Å².